The summed E-state index contributed by atoms with van der Waals surface area (Å²) in [7, 11) is 0. The molecule has 3 aromatic rings. The SMILES string of the molecule is O=C(Nc1nc2c(s1)CCC2)c1cccc2cc[nH]c12. The summed E-state index contributed by atoms with van der Waals surface area (Å²) in [6, 6.07) is 7.67. The monoisotopic (exact) mass is 283 g/mol. The van der Waals surface area contributed by atoms with Crippen LogP contribution in [0.15, 0.2) is 30.5 Å². The minimum absolute atomic E-state index is 0.106. The number of carbonyl (C=O) groups is 1. The number of benzene rings is 1. The van der Waals surface area contributed by atoms with Gasteiger partial charge in [-0.2, -0.15) is 0 Å². The Bertz CT molecular complexity index is 781. The zero-order valence-electron chi connectivity index (χ0n) is 10.8. The van der Waals surface area contributed by atoms with Crippen LogP contribution < -0.4 is 5.32 Å². The molecule has 2 heterocycles. The first-order valence-electron chi connectivity index (χ1n) is 6.67. The highest BCUT2D eigenvalue weighted by molar-refractivity contribution is 7.16. The Balaban J connectivity index is 1.65. The molecule has 0 spiro atoms. The summed E-state index contributed by atoms with van der Waals surface area (Å²) in [5.41, 5.74) is 2.68. The summed E-state index contributed by atoms with van der Waals surface area (Å²) >= 11 is 1.60. The van der Waals surface area contributed by atoms with Crippen LogP contribution in [0.25, 0.3) is 10.9 Å². The third-order valence-corrected chi connectivity index (χ3v) is 4.72. The predicted molar refractivity (Wildman–Crippen MR) is 80.4 cm³/mol. The number of nitrogens with one attached hydrogen (secondary N) is 2. The maximum atomic E-state index is 12.4. The van der Waals surface area contributed by atoms with Crippen LogP contribution in [-0.2, 0) is 12.8 Å². The highest BCUT2D eigenvalue weighted by Gasteiger charge is 2.18. The fourth-order valence-electron chi connectivity index (χ4n) is 2.68. The van der Waals surface area contributed by atoms with E-state index in [4.69, 9.17) is 0 Å². The molecule has 0 saturated heterocycles. The van der Waals surface area contributed by atoms with Crippen molar-refractivity contribution in [3.05, 3.63) is 46.6 Å². The van der Waals surface area contributed by atoms with Crippen LogP contribution in [0.4, 0.5) is 5.13 Å². The third-order valence-electron chi connectivity index (χ3n) is 3.65. The van der Waals surface area contributed by atoms with Gasteiger partial charge in [-0.1, -0.05) is 12.1 Å². The number of anilines is 1. The van der Waals surface area contributed by atoms with Crippen LogP contribution in [0, 0.1) is 0 Å². The van der Waals surface area contributed by atoms with Crippen LogP contribution >= 0.6 is 11.3 Å². The topological polar surface area (TPSA) is 57.8 Å². The zero-order valence-corrected chi connectivity index (χ0v) is 11.6. The molecule has 0 unspecified atom stereocenters. The fraction of sp³-hybridized carbons (Fsp3) is 0.200. The molecule has 4 nitrogen and oxygen atoms in total. The van der Waals surface area contributed by atoms with Gasteiger partial charge < -0.3 is 4.98 Å². The van der Waals surface area contributed by atoms with E-state index >= 15 is 0 Å². The van der Waals surface area contributed by atoms with E-state index in [2.05, 4.69) is 15.3 Å². The molecule has 0 saturated carbocycles. The summed E-state index contributed by atoms with van der Waals surface area (Å²) in [6.07, 6.45) is 5.16. The number of carbonyl (C=O) groups excluding carboxylic acids is 1. The standard InChI is InChI=1S/C15H13N3OS/c19-14(10-4-1-3-9-7-8-16-13(9)10)18-15-17-11-5-2-6-12(11)20-15/h1,3-4,7-8,16H,2,5-6H2,(H,17,18,19). The molecular weight excluding hydrogens is 270 g/mol. The number of aryl methyl sites for hydroxylation is 2. The van der Waals surface area contributed by atoms with Gasteiger partial charge in [0.2, 0.25) is 0 Å². The number of aromatic nitrogens is 2. The Labute approximate surface area is 119 Å². The Morgan fingerprint density at radius 2 is 2.25 bits per heavy atom. The molecule has 100 valence electrons. The lowest BCUT2D eigenvalue weighted by Crippen LogP contribution is -2.12. The molecule has 2 N–H and O–H groups in total. The van der Waals surface area contributed by atoms with Gasteiger partial charge in [-0.15, -0.1) is 11.3 Å². The number of aromatic amines is 1. The largest absolute Gasteiger partial charge is 0.361 e. The number of rotatable bonds is 2. The molecule has 0 atom stereocenters. The van der Waals surface area contributed by atoms with Crippen molar-refractivity contribution in [2.24, 2.45) is 0 Å². The van der Waals surface area contributed by atoms with Crippen LogP contribution in [0.5, 0.6) is 0 Å². The van der Waals surface area contributed by atoms with Crippen LogP contribution in [0.1, 0.15) is 27.3 Å². The second-order valence-corrected chi connectivity index (χ2v) is 6.03. The maximum Gasteiger partial charge on any atom is 0.259 e. The van der Waals surface area contributed by atoms with E-state index in [1.165, 1.54) is 11.3 Å². The second kappa shape index (κ2) is 4.45. The molecule has 0 aliphatic heterocycles. The van der Waals surface area contributed by atoms with Gasteiger partial charge in [-0.25, -0.2) is 4.98 Å². The summed E-state index contributed by atoms with van der Waals surface area (Å²) in [6.45, 7) is 0. The summed E-state index contributed by atoms with van der Waals surface area (Å²) < 4.78 is 0. The lowest BCUT2D eigenvalue weighted by atomic mass is 10.1. The fourth-order valence-corrected chi connectivity index (χ4v) is 3.73. The molecule has 1 aliphatic carbocycles. The minimum Gasteiger partial charge on any atom is -0.361 e. The average Bonchev–Trinajstić information content (AvgIpc) is 3.11. The van der Waals surface area contributed by atoms with E-state index in [1.807, 2.05) is 30.5 Å². The van der Waals surface area contributed by atoms with Crippen LogP contribution in [-0.4, -0.2) is 15.9 Å². The lowest BCUT2D eigenvalue weighted by Gasteiger charge is -2.03. The van der Waals surface area contributed by atoms with Gasteiger partial charge in [0.1, 0.15) is 0 Å². The third kappa shape index (κ3) is 1.82. The molecule has 2 aromatic heterocycles. The van der Waals surface area contributed by atoms with E-state index in [1.54, 1.807) is 11.3 Å². The lowest BCUT2D eigenvalue weighted by molar-refractivity contribution is 0.102. The normalized spacial score (nSPS) is 13.6. The molecule has 0 radical (unpaired) electrons. The van der Waals surface area contributed by atoms with E-state index < -0.39 is 0 Å². The predicted octanol–water partition coefficient (Wildman–Crippen LogP) is 3.37. The number of fused-ring (bicyclic) bond motifs is 2. The highest BCUT2D eigenvalue weighted by Crippen LogP contribution is 2.30. The van der Waals surface area contributed by atoms with Crippen molar-refractivity contribution in [3.63, 3.8) is 0 Å². The summed E-state index contributed by atoms with van der Waals surface area (Å²) in [5, 5.41) is 4.67. The first-order valence-corrected chi connectivity index (χ1v) is 7.49. The van der Waals surface area contributed by atoms with Crippen molar-refractivity contribution in [2.75, 3.05) is 5.32 Å². The molecule has 1 aromatic carbocycles. The first kappa shape index (κ1) is 11.7. The molecule has 1 aliphatic rings. The quantitative estimate of drug-likeness (QED) is 0.757. The summed E-state index contributed by atoms with van der Waals surface area (Å²) in [4.78, 5) is 21.3. The van der Waals surface area contributed by atoms with Crippen LogP contribution in [0.2, 0.25) is 0 Å². The Hall–Kier alpha value is -2.14. The zero-order chi connectivity index (χ0) is 13.5. The first-order chi connectivity index (χ1) is 9.81. The van der Waals surface area contributed by atoms with Gasteiger partial charge >= 0.3 is 0 Å². The van der Waals surface area contributed by atoms with Crippen molar-refractivity contribution in [1.82, 2.24) is 9.97 Å². The molecule has 5 heteroatoms. The van der Waals surface area contributed by atoms with Gasteiger partial charge in [0.05, 0.1) is 16.8 Å². The van der Waals surface area contributed by atoms with Gasteiger partial charge in [-0.3, -0.25) is 10.1 Å². The number of para-hydroxylation sites is 1. The van der Waals surface area contributed by atoms with Crippen molar-refractivity contribution in [1.29, 1.82) is 0 Å². The van der Waals surface area contributed by atoms with E-state index in [-0.39, 0.29) is 5.91 Å². The molecule has 0 fully saturated rings. The van der Waals surface area contributed by atoms with E-state index in [0.29, 0.717) is 10.7 Å². The Kier molecular flexibility index (Phi) is 2.60. The highest BCUT2D eigenvalue weighted by atomic mass is 32.1. The van der Waals surface area contributed by atoms with Gasteiger partial charge in [0.15, 0.2) is 5.13 Å². The maximum absolute atomic E-state index is 12.4. The molecular formula is C15H13N3OS. The molecule has 4 rings (SSSR count). The summed E-state index contributed by atoms with van der Waals surface area (Å²) in [5.74, 6) is -0.106. The molecule has 0 bridgehead atoms. The molecule has 1 amide bonds. The Morgan fingerprint density at radius 3 is 3.15 bits per heavy atom. The van der Waals surface area contributed by atoms with E-state index in [9.17, 15) is 4.79 Å². The molecule has 20 heavy (non-hydrogen) atoms. The number of thiazole rings is 1. The number of nitrogens with zero attached hydrogens (tertiary/aromatic N) is 1. The van der Waals surface area contributed by atoms with Crippen LogP contribution in [0.3, 0.4) is 0 Å². The van der Waals surface area contributed by atoms with Crippen molar-refractivity contribution < 1.29 is 4.79 Å². The average molecular weight is 283 g/mol. The second-order valence-electron chi connectivity index (χ2n) is 4.94. The minimum atomic E-state index is -0.106. The van der Waals surface area contributed by atoms with Gasteiger partial charge in [0.25, 0.3) is 5.91 Å². The van der Waals surface area contributed by atoms with E-state index in [0.717, 1.165) is 29.4 Å². The number of H-pyrrole nitrogens is 1. The number of hydrogen-bond acceptors (Lipinski definition) is 3. The number of hydrogen-bond donors (Lipinski definition) is 2. The Morgan fingerprint density at radius 1 is 1.30 bits per heavy atom. The number of amides is 1. The van der Waals surface area contributed by atoms with Gasteiger partial charge in [0, 0.05) is 16.5 Å². The van der Waals surface area contributed by atoms with Gasteiger partial charge in [-0.05, 0) is 31.4 Å². The smallest absolute Gasteiger partial charge is 0.259 e. The van der Waals surface area contributed by atoms with Crippen molar-refractivity contribution in [3.8, 4) is 0 Å². The van der Waals surface area contributed by atoms with Crippen molar-refractivity contribution in [2.45, 2.75) is 19.3 Å². The van der Waals surface area contributed by atoms with Crippen molar-refractivity contribution >= 4 is 33.3 Å².